The topological polar surface area (TPSA) is 89.9 Å². The normalized spacial score (nSPS) is 30.9. The largest absolute Gasteiger partial charge is 0.481 e. The number of carbonyl (C=O) groups excluding carboxylic acids is 1. The number of carbonyl (C=O) groups is 2. The van der Waals surface area contributed by atoms with Gasteiger partial charge in [-0.1, -0.05) is 12.8 Å². The van der Waals surface area contributed by atoms with Gasteiger partial charge in [0.05, 0.1) is 18.6 Å². The number of carboxylic acid groups (broad SMARTS) is 1. The van der Waals surface area contributed by atoms with E-state index in [9.17, 15) is 14.7 Å². The number of likely N-dealkylation sites (tertiary alicyclic amines) is 1. The number of rotatable bonds is 3. The van der Waals surface area contributed by atoms with E-state index >= 15 is 0 Å². The molecule has 0 spiro atoms. The molecule has 3 atom stereocenters. The van der Waals surface area contributed by atoms with Gasteiger partial charge in [-0.2, -0.15) is 0 Å². The lowest BCUT2D eigenvalue weighted by atomic mass is 10.1. The first-order valence-corrected chi connectivity index (χ1v) is 7.52. The molecule has 1 aliphatic heterocycles. The fourth-order valence-corrected chi connectivity index (χ4v) is 3.23. The molecular weight excluding hydrogens is 260 g/mol. The molecule has 2 amide bonds. The Hall–Kier alpha value is -1.30. The van der Waals surface area contributed by atoms with Crippen molar-refractivity contribution < 1.29 is 19.8 Å². The van der Waals surface area contributed by atoms with Crippen LogP contribution in [0.25, 0.3) is 0 Å². The van der Waals surface area contributed by atoms with E-state index in [2.05, 4.69) is 5.32 Å². The summed E-state index contributed by atoms with van der Waals surface area (Å²) in [5.74, 6) is -1.11. The van der Waals surface area contributed by atoms with E-state index < -0.39 is 5.97 Å². The minimum Gasteiger partial charge on any atom is -0.481 e. The van der Waals surface area contributed by atoms with E-state index in [0.29, 0.717) is 19.4 Å². The minimum atomic E-state index is -0.773. The molecule has 2 rings (SSSR count). The maximum atomic E-state index is 12.3. The number of carboxylic acids is 1. The Labute approximate surface area is 119 Å². The highest BCUT2D eigenvalue weighted by atomic mass is 16.4. The number of hydrogen-bond acceptors (Lipinski definition) is 3. The molecule has 1 saturated heterocycles. The third-order valence-corrected chi connectivity index (χ3v) is 4.46. The van der Waals surface area contributed by atoms with Gasteiger partial charge in [0.1, 0.15) is 0 Å². The Bertz CT molecular complexity index is 361. The molecule has 114 valence electrons. The second kappa shape index (κ2) is 6.92. The van der Waals surface area contributed by atoms with E-state index in [-0.39, 0.29) is 30.6 Å². The van der Waals surface area contributed by atoms with Crippen molar-refractivity contribution in [3.05, 3.63) is 0 Å². The van der Waals surface area contributed by atoms with Gasteiger partial charge in [-0.25, -0.2) is 4.79 Å². The maximum Gasteiger partial charge on any atom is 0.317 e. The second-order valence-corrected chi connectivity index (χ2v) is 5.87. The summed E-state index contributed by atoms with van der Waals surface area (Å²) in [6.07, 6.45) is 5.80. The number of aliphatic carboxylic acids is 1. The van der Waals surface area contributed by atoms with Crippen molar-refractivity contribution in [1.82, 2.24) is 10.2 Å². The molecule has 6 heteroatoms. The van der Waals surface area contributed by atoms with Gasteiger partial charge in [-0.05, 0) is 32.1 Å². The highest BCUT2D eigenvalue weighted by Gasteiger charge is 2.32. The molecule has 1 heterocycles. The molecule has 6 nitrogen and oxygen atoms in total. The zero-order chi connectivity index (χ0) is 14.5. The summed E-state index contributed by atoms with van der Waals surface area (Å²) < 4.78 is 0. The Kier molecular flexibility index (Phi) is 5.23. The molecule has 1 saturated carbocycles. The van der Waals surface area contributed by atoms with Crippen LogP contribution >= 0.6 is 0 Å². The zero-order valence-electron chi connectivity index (χ0n) is 11.8. The summed E-state index contributed by atoms with van der Waals surface area (Å²) in [6, 6.07) is -0.303. The maximum absolute atomic E-state index is 12.3. The lowest BCUT2D eigenvalue weighted by Crippen LogP contribution is -2.49. The van der Waals surface area contributed by atoms with Crippen LogP contribution in [0.15, 0.2) is 0 Å². The Morgan fingerprint density at radius 3 is 2.60 bits per heavy atom. The Balaban J connectivity index is 1.88. The van der Waals surface area contributed by atoms with Crippen LogP contribution in [0.3, 0.4) is 0 Å². The van der Waals surface area contributed by atoms with E-state index in [0.717, 1.165) is 32.1 Å². The Morgan fingerprint density at radius 2 is 1.95 bits per heavy atom. The highest BCUT2D eigenvalue weighted by Crippen LogP contribution is 2.26. The fraction of sp³-hybridized carbons (Fsp3) is 0.857. The van der Waals surface area contributed by atoms with Crippen molar-refractivity contribution in [2.24, 2.45) is 5.92 Å². The monoisotopic (exact) mass is 284 g/mol. The van der Waals surface area contributed by atoms with Gasteiger partial charge in [-0.3, -0.25) is 4.79 Å². The number of aliphatic hydroxyl groups excluding tert-OH is 1. The first-order valence-electron chi connectivity index (χ1n) is 7.52. The molecule has 0 aromatic carbocycles. The molecule has 3 N–H and O–H groups in total. The predicted molar refractivity (Wildman–Crippen MR) is 73.3 cm³/mol. The van der Waals surface area contributed by atoms with E-state index in [1.54, 1.807) is 4.90 Å². The molecule has 1 aliphatic carbocycles. The van der Waals surface area contributed by atoms with Crippen LogP contribution in [-0.4, -0.2) is 52.3 Å². The predicted octanol–water partition coefficient (Wildman–Crippen LogP) is 1.19. The third-order valence-electron chi connectivity index (χ3n) is 4.46. The van der Waals surface area contributed by atoms with Crippen LogP contribution in [0.5, 0.6) is 0 Å². The number of hydrogen-bond donors (Lipinski definition) is 3. The van der Waals surface area contributed by atoms with E-state index in [4.69, 9.17) is 5.11 Å². The van der Waals surface area contributed by atoms with Crippen molar-refractivity contribution in [2.45, 2.75) is 57.0 Å². The van der Waals surface area contributed by atoms with Crippen LogP contribution in [-0.2, 0) is 4.79 Å². The molecule has 0 bridgehead atoms. The van der Waals surface area contributed by atoms with Crippen molar-refractivity contribution in [3.8, 4) is 0 Å². The van der Waals surface area contributed by atoms with Crippen LogP contribution in [0.4, 0.5) is 4.79 Å². The number of nitrogens with zero attached hydrogens (tertiary/aromatic N) is 1. The lowest BCUT2D eigenvalue weighted by molar-refractivity contribution is -0.141. The number of amides is 2. The van der Waals surface area contributed by atoms with Gasteiger partial charge in [0, 0.05) is 12.6 Å². The molecule has 2 aliphatic rings. The minimum absolute atomic E-state index is 0.00413. The van der Waals surface area contributed by atoms with Crippen LogP contribution in [0, 0.1) is 5.92 Å². The van der Waals surface area contributed by atoms with Crippen molar-refractivity contribution in [1.29, 1.82) is 0 Å². The van der Waals surface area contributed by atoms with Gasteiger partial charge in [0.2, 0.25) is 0 Å². The van der Waals surface area contributed by atoms with Crippen LogP contribution in [0.2, 0.25) is 0 Å². The summed E-state index contributed by atoms with van der Waals surface area (Å²) in [5, 5.41) is 21.3. The van der Waals surface area contributed by atoms with Crippen LogP contribution < -0.4 is 5.32 Å². The second-order valence-electron chi connectivity index (χ2n) is 5.87. The summed E-state index contributed by atoms with van der Waals surface area (Å²) in [6.45, 7) is 0.669. The SMILES string of the molecule is O=C(O)[C@@H]1CC[C@H](NC(=O)N2CCCCCC2CO)C1. The average molecular weight is 284 g/mol. The van der Waals surface area contributed by atoms with E-state index in [1.807, 2.05) is 0 Å². The smallest absolute Gasteiger partial charge is 0.317 e. The van der Waals surface area contributed by atoms with Gasteiger partial charge >= 0.3 is 12.0 Å². The molecular formula is C14H24N2O4. The summed E-state index contributed by atoms with van der Waals surface area (Å²) >= 11 is 0. The quantitative estimate of drug-likeness (QED) is 0.726. The summed E-state index contributed by atoms with van der Waals surface area (Å²) in [5.41, 5.74) is 0. The lowest BCUT2D eigenvalue weighted by Gasteiger charge is -2.30. The summed E-state index contributed by atoms with van der Waals surface area (Å²) in [7, 11) is 0. The third kappa shape index (κ3) is 3.62. The average Bonchev–Trinajstić information content (AvgIpc) is 2.75. The molecule has 20 heavy (non-hydrogen) atoms. The van der Waals surface area contributed by atoms with E-state index in [1.165, 1.54) is 0 Å². The number of aliphatic hydroxyl groups is 1. The van der Waals surface area contributed by atoms with Crippen LogP contribution in [0.1, 0.15) is 44.9 Å². The van der Waals surface area contributed by atoms with Gasteiger partial charge < -0.3 is 20.4 Å². The van der Waals surface area contributed by atoms with Crippen molar-refractivity contribution in [2.75, 3.05) is 13.2 Å². The number of nitrogens with one attached hydrogen (secondary N) is 1. The first-order chi connectivity index (χ1) is 9.61. The molecule has 2 fully saturated rings. The standard InChI is InChI=1S/C14H24N2O4/c17-9-12-4-2-1-3-7-16(12)14(20)15-11-6-5-10(8-11)13(18)19/h10-12,17H,1-9H2,(H,15,20)(H,18,19)/t10-,11+,12?/m1/s1. The molecule has 0 aromatic rings. The summed E-state index contributed by atoms with van der Waals surface area (Å²) in [4.78, 5) is 25.0. The van der Waals surface area contributed by atoms with Gasteiger partial charge in [0.25, 0.3) is 0 Å². The van der Waals surface area contributed by atoms with Crippen molar-refractivity contribution >= 4 is 12.0 Å². The van der Waals surface area contributed by atoms with Gasteiger partial charge in [0.15, 0.2) is 0 Å². The molecule has 0 aromatic heterocycles. The molecule has 1 unspecified atom stereocenters. The highest BCUT2D eigenvalue weighted by molar-refractivity contribution is 5.75. The van der Waals surface area contributed by atoms with Gasteiger partial charge in [-0.15, -0.1) is 0 Å². The molecule has 0 radical (unpaired) electrons. The zero-order valence-corrected chi connectivity index (χ0v) is 11.8. The number of urea groups is 1. The first kappa shape index (κ1) is 15.1. The Morgan fingerprint density at radius 1 is 1.15 bits per heavy atom. The van der Waals surface area contributed by atoms with Crippen molar-refractivity contribution in [3.63, 3.8) is 0 Å². The fourth-order valence-electron chi connectivity index (χ4n) is 3.23.